The highest BCUT2D eigenvalue weighted by atomic mass is 19.2. The van der Waals surface area contributed by atoms with Crippen molar-refractivity contribution in [2.45, 2.75) is 20.3 Å². The average molecular weight is 361 g/mol. The molecule has 0 radical (unpaired) electrons. The molecule has 0 aliphatic carbocycles. The van der Waals surface area contributed by atoms with Gasteiger partial charge in [-0.1, -0.05) is 23.8 Å². The summed E-state index contributed by atoms with van der Waals surface area (Å²) in [7, 11) is 0. The minimum Gasteiger partial charge on any atom is -0.338 e. The second kappa shape index (κ2) is 8.94. The summed E-state index contributed by atoms with van der Waals surface area (Å²) < 4.78 is 25.9. The summed E-state index contributed by atoms with van der Waals surface area (Å²) in [5.41, 5.74) is 3.61. The zero-order valence-electron chi connectivity index (χ0n) is 14.7. The Labute approximate surface area is 150 Å². The van der Waals surface area contributed by atoms with Crippen molar-refractivity contribution >= 4 is 17.6 Å². The molecule has 0 heterocycles. The van der Waals surface area contributed by atoms with Crippen molar-refractivity contribution in [2.75, 3.05) is 18.4 Å². The Morgan fingerprint density at radius 3 is 2.42 bits per heavy atom. The van der Waals surface area contributed by atoms with Gasteiger partial charge in [0.25, 0.3) is 0 Å². The first kappa shape index (κ1) is 19.4. The van der Waals surface area contributed by atoms with Crippen molar-refractivity contribution in [1.29, 1.82) is 0 Å². The molecule has 2 aromatic rings. The van der Waals surface area contributed by atoms with Crippen molar-refractivity contribution < 1.29 is 18.4 Å². The highest BCUT2D eigenvalue weighted by Crippen LogP contribution is 2.13. The van der Waals surface area contributed by atoms with Crippen LogP contribution in [0.25, 0.3) is 0 Å². The summed E-state index contributed by atoms with van der Waals surface area (Å²) in [6.45, 7) is 4.19. The van der Waals surface area contributed by atoms with Crippen molar-refractivity contribution in [3.63, 3.8) is 0 Å². The van der Waals surface area contributed by atoms with Crippen LogP contribution in [0.15, 0.2) is 36.4 Å². The van der Waals surface area contributed by atoms with E-state index in [9.17, 15) is 18.4 Å². The summed E-state index contributed by atoms with van der Waals surface area (Å²) in [6.07, 6.45) is 0.681. The van der Waals surface area contributed by atoms with Crippen LogP contribution in [0.5, 0.6) is 0 Å². The average Bonchev–Trinajstić information content (AvgIpc) is 2.58. The molecule has 0 fully saturated rings. The number of carbonyl (C=O) groups is 2. The van der Waals surface area contributed by atoms with Gasteiger partial charge in [-0.3, -0.25) is 4.79 Å². The molecule has 5 nitrogen and oxygen atoms in total. The highest BCUT2D eigenvalue weighted by Gasteiger charge is 2.08. The minimum absolute atomic E-state index is 0.117. The molecule has 0 atom stereocenters. The lowest BCUT2D eigenvalue weighted by atomic mass is 10.0. The number of nitrogens with one attached hydrogen (secondary N) is 3. The van der Waals surface area contributed by atoms with Gasteiger partial charge in [-0.05, 0) is 43.5 Å². The molecule has 138 valence electrons. The topological polar surface area (TPSA) is 70.2 Å². The number of amides is 3. The van der Waals surface area contributed by atoms with E-state index in [-0.39, 0.29) is 12.2 Å². The largest absolute Gasteiger partial charge is 0.338 e. The van der Waals surface area contributed by atoms with Gasteiger partial charge < -0.3 is 16.0 Å². The molecular weight excluding hydrogens is 340 g/mol. The molecule has 0 aliphatic heterocycles. The fourth-order valence-electron chi connectivity index (χ4n) is 2.44. The zero-order valence-corrected chi connectivity index (χ0v) is 14.7. The van der Waals surface area contributed by atoms with Crippen LogP contribution < -0.4 is 16.0 Å². The van der Waals surface area contributed by atoms with Gasteiger partial charge in [-0.2, -0.15) is 0 Å². The molecule has 0 aromatic heterocycles. The van der Waals surface area contributed by atoms with E-state index in [2.05, 4.69) is 22.0 Å². The van der Waals surface area contributed by atoms with Crippen LogP contribution >= 0.6 is 0 Å². The van der Waals surface area contributed by atoms with Crippen LogP contribution in [0.2, 0.25) is 0 Å². The summed E-state index contributed by atoms with van der Waals surface area (Å²) in [4.78, 5) is 23.4. The smallest absolute Gasteiger partial charge is 0.315 e. The first-order valence-corrected chi connectivity index (χ1v) is 8.18. The van der Waals surface area contributed by atoms with E-state index >= 15 is 0 Å². The van der Waals surface area contributed by atoms with E-state index in [4.69, 9.17) is 0 Å². The van der Waals surface area contributed by atoms with Crippen LogP contribution in [0, 0.1) is 25.5 Å². The molecule has 26 heavy (non-hydrogen) atoms. The number of anilines is 1. The van der Waals surface area contributed by atoms with Gasteiger partial charge in [0.15, 0.2) is 11.6 Å². The second-order valence-corrected chi connectivity index (χ2v) is 5.97. The summed E-state index contributed by atoms with van der Waals surface area (Å²) in [5.74, 6) is -2.59. The van der Waals surface area contributed by atoms with Gasteiger partial charge in [0.1, 0.15) is 0 Å². The molecule has 0 saturated carbocycles. The molecule has 3 amide bonds. The predicted octanol–water partition coefficient (Wildman–Crippen LogP) is 3.06. The van der Waals surface area contributed by atoms with Gasteiger partial charge in [-0.25, -0.2) is 13.6 Å². The molecular formula is C19H21F2N3O2. The fourth-order valence-corrected chi connectivity index (χ4v) is 2.44. The third kappa shape index (κ3) is 5.84. The lowest BCUT2D eigenvalue weighted by molar-refractivity contribution is -0.115. The second-order valence-electron chi connectivity index (χ2n) is 5.97. The minimum atomic E-state index is -1.06. The Kier molecular flexibility index (Phi) is 6.66. The number of urea groups is 1. The Morgan fingerprint density at radius 2 is 1.73 bits per heavy atom. The maximum Gasteiger partial charge on any atom is 0.315 e. The molecule has 2 aromatic carbocycles. The molecule has 7 heteroatoms. The third-order valence-electron chi connectivity index (χ3n) is 3.79. The normalized spacial score (nSPS) is 10.3. The van der Waals surface area contributed by atoms with Crippen LogP contribution in [-0.2, 0) is 11.2 Å². The number of benzene rings is 2. The van der Waals surface area contributed by atoms with E-state index in [1.165, 1.54) is 11.6 Å². The van der Waals surface area contributed by atoms with Crippen LogP contribution in [0.3, 0.4) is 0 Å². The standard InChI is InChI=1S/C19H21F2N3O2/c1-12-3-4-14(13(2)9-12)7-8-22-19(26)23-11-18(25)24-15-5-6-16(20)17(21)10-15/h3-6,9-10H,7-8,11H2,1-2H3,(H,24,25)(H2,22,23,26). The molecule has 0 spiro atoms. The van der Waals surface area contributed by atoms with E-state index < -0.39 is 23.6 Å². The number of carbonyl (C=O) groups excluding carboxylic acids is 2. The van der Waals surface area contributed by atoms with Crippen LogP contribution in [-0.4, -0.2) is 25.0 Å². The lowest BCUT2D eigenvalue weighted by Crippen LogP contribution is -2.40. The zero-order chi connectivity index (χ0) is 19.1. The van der Waals surface area contributed by atoms with E-state index in [1.54, 1.807) is 0 Å². The number of rotatable bonds is 6. The Balaban J connectivity index is 1.70. The summed E-state index contributed by atoms with van der Waals surface area (Å²) in [6, 6.07) is 8.67. The Hall–Kier alpha value is -2.96. The summed E-state index contributed by atoms with van der Waals surface area (Å²) in [5, 5.41) is 7.45. The van der Waals surface area contributed by atoms with Crippen molar-refractivity contribution in [3.05, 3.63) is 64.7 Å². The van der Waals surface area contributed by atoms with Gasteiger partial charge in [0.2, 0.25) is 5.91 Å². The van der Waals surface area contributed by atoms with E-state index in [1.807, 2.05) is 26.0 Å². The van der Waals surface area contributed by atoms with Gasteiger partial charge >= 0.3 is 6.03 Å². The number of halogens is 2. The Morgan fingerprint density at radius 1 is 0.962 bits per heavy atom. The SMILES string of the molecule is Cc1ccc(CCNC(=O)NCC(=O)Nc2ccc(F)c(F)c2)c(C)c1. The molecule has 2 rings (SSSR count). The molecule has 0 unspecified atom stereocenters. The maximum atomic E-state index is 13.1. The third-order valence-corrected chi connectivity index (χ3v) is 3.79. The molecule has 0 aliphatic rings. The van der Waals surface area contributed by atoms with Crippen molar-refractivity contribution in [3.8, 4) is 0 Å². The van der Waals surface area contributed by atoms with Gasteiger partial charge in [0.05, 0.1) is 6.54 Å². The molecule has 0 saturated heterocycles. The van der Waals surface area contributed by atoms with Gasteiger partial charge in [-0.15, -0.1) is 0 Å². The number of aryl methyl sites for hydroxylation is 2. The summed E-state index contributed by atoms with van der Waals surface area (Å²) >= 11 is 0. The monoisotopic (exact) mass is 361 g/mol. The van der Waals surface area contributed by atoms with E-state index in [0.717, 1.165) is 23.3 Å². The fraction of sp³-hybridized carbons (Fsp3) is 0.263. The van der Waals surface area contributed by atoms with Gasteiger partial charge in [0, 0.05) is 18.3 Å². The molecule has 3 N–H and O–H groups in total. The lowest BCUT2D eigenvalue weighted by Gasteiger charge is -2.10. The Bertz CT molecular complexity index is 809. The maximum absolute atomic E-state index is 13.1. The molecule has 0 bridgehead atoms. The first-order chi connectivity index (χ1) is 12.3. The van der Waals surface area contributed by atoms with Crippen LogP contribution in [0.1, 0.15) is 16.7 Å². The van der Waals surface area contributed by atoms with Crippen molar-refractivity contribution in [1.82, 2.24) is 10.6 Å². The van der Waals surface area contributed by atoms with Crippen LogP contribution in [0.4, 0.5) is 19.3 Å². The number of hydrogen-bond donors (Lipinski definition) is 3. The highest BCUT2D eigenvalue weighted by molar-refractivity contribution is 5.94. The number of hydrogen-bond acceptors (Lipinski definition) is 2. The van der Waals surface area contributed by atoms with Crippen molar-refractivity contribution in [2.24, 2.45) is 0 Å². The predicted molar refractivity (Wildman–Crippen MR) is 96.0 cm³/mol. The van der Waals surface area contributed by atoms with E-state index in [0.29, 0.717) is 13.0 Å². The first-order valence-electron chi connectivity index (χ1n) is 8.18. The quantitative estimate of drug-likeness (QED) is 0.740.